The SMILES string of the molecule is Cc1ccsc1CN(C(=O)c1ccccc1Br)[C@@H]1CCS(=O)(=O)C1. The molecule has 1 aromatic heterocycles. The summed E-state index contributed by atoms with van der Waals surface area (Å²) in [5.41, 5.74) is 1.70. The van der Waals surface area contributed by atoms with Crippen LogP contribution in [0, 0.1) is 6.92 Å². The molecule has 1 saturated heterocycles. The number of amides is 1. The van der Waals surface area contributed by atoms with E-state index in [0.717, 1.165) is 14.9 Å². The van der Waals surface area contributed by atoms with Gasteiger partial charge in [-0.1, -0.05) is 12.1 Å². The van der Waals surface area contributed by atoms with Crippen LogP contribution in [0.3, 0.4) is 0 Å². The van der Waals surface area contributed by atoms with Crippen LogP contribution in [0.1, 0.15) is 27.2 Å². The molecule has 128 valence electrons. The molecule has 24 heavy (non-hydrogen) atoms. The Morgan fingerprint density at radius 2 is 2.08 bits per heavy atom. The highest BCUT2D eigenvalue weighted by Gasteiger charge is 2.35. The third-order valence-electron chi connectivity index (χ3n) is 4.30. The lowest BCUT2D eigenvalue weighted by Gasteiger charge is -2.28. The van der Waals surface area contributed by atoms with Crippen LogP contribution in [0.15, 0.2) is 40.2 Å². The third-order valence-corrected chi connectivity index (χ3v) is 7.75. The maximum atomic E-state index is 13.1. The lowest BCUT2D eigenvalue weighted by atomic mass is 10.1. The van der Waals surface area contributed by atoms with Gasteiger partial charge in [0.1, 0.15) is 0 Å². The first-order valence-electron chi connectivity index (χ1n) is 7.66. The van der Waals surface area contributed by atoms with Gasteiger partial charge in [-0.25, -0.2) is 8.42 Å². The van der Waals surface area contributed by atoms with Crippen LogP contribution in [-0.2, 0) is 16.4 Å². The number of carbonyl (C=O) groups is 1. The van der Waals surface area contributed by atoms with E-state index >= 15 is 0 Å². The van der Waals surface area contributed by atoms with Crippen molar-refractivity contribution in [3.05, 3.63) is 56.2 Å². The summed E-state index contributed by atoms with van der Waals surface area (Å²) in [5, 5.41) is 2.00. The molecule has 1 amide bonds. The van der Waals surface area contributed by atoms with E-state index in [4.69, 9.17) is 0 Å². The Morgan fingerprint density at radius 1 is 1.33 bits per heavy atom. The summed E-state index contributed by atoms with van der Waals surface area (Å²) in [6.45, 7) is 2.46. The number of aryl methyl sites for hydroxylation is 1. The number of hydrogen-bond donors (Lipinski definition) is 0. The Morgan fingerprint density at radius 3 is 2.67 bits per heavy atom. The molecule has 4 nitrogen and oxygen atoms in total. The van der Waals surface area contributed by atoms with Gasteiger partial charge in [-0.2, -0.15) is 0 Å². The van der Waals surface area contributed by atoms with Gasteiger partial charge in [0.05, 0.1) is 23.6 Å². The molecular formula is C17H18BrNO3S2. The predicted molar refractivity (Wildman–Crippen MR) is 100 cm³/mol. The van der Waals surface area contributed by atoms with Crippen molar-refractivity contribution in [2.45, 2.75) is 25.9 Å². The molecule has 1 atom stereocenters. The van der Waals surface area contributed by atoms with Gasteiger partial charge in [0, 0.05) is 15.4 Å². The van der Waals surface area contributed by atoms with Gasteiger partial charge >= 0.3 is 0 Å². The highest BCUT2D eigenvalue weighted by Crippen LogP contribution is 2.27. The summed E-state index contributed by atoms with van der Waals surface area (Å²) in [4.78, 5) is 15.9. The maximum Gasteiger partial charge on any atom is 0.255 e. The number of rotatable bonds is 4. The van der Waals surface area contributed by atoms with Crippen molar-refractivity contribution < 1.29 is 13.2 Å². The average molecular weight is 428 g/mol. The van der Waals surface area contributed by atoms with Gasteiger partial charge in [0.2, 0.25) is 0 Å². The Hall–Kier alpha value is -1.18. The van der Waals surface area contributed by atoms with E-state index in [1.165, 1.54) is 0 Å². The van der Waals surface area contributed by atoms with Crippen LogP contribution in [0.25, 0.3) is 0 Å². The molecule has 0 saturated carbocycles. The second-order valence-electron chi connectivity index (χ2n) is 6.00. The van der Waals surface area contributed by atoms with Crippen LogP contribution in [0.5, 0.6) is 0 Å². The maximum absolute atomic E-state index is 13.1. The second-order valence-corrected chi connectivity index (χ2v) is 10.1. The van der Waals surface area contributed by atoms with Gasteiger partial charge in [-0.15, -0.1) is 11.3 Å². The quantitative estimate of drug-likeness (QED) is 0.747. The van der Waals surface area contributed by atoms with E-state index in [-0.39, 0.29) is 23.5 Å². The predicted octanol–water partition coefficient (Wildman–Crippen LogP) is 3.65. The number of carbonyl (C=O) groups excluding carboxylic acids is 1. The molecule has 0 bridgehead atoms. The van der Waals surface area contributed by atoms with Crippen molar-refractivity contribution in [2.24, 2.45) is 0 Å². The molecule has 2 heterocycles. The molecule has 1 aliphatic heterocycles. The standard InChI is InChI=1S/C17H18BrNO3S2/c1-12-6-8-23-16(12)10-19(13-7-9-24(21,22)11-13)17(20)14-4-2-3-5-15(14)18/h2-6,8,13H,7,9-11H2,1H3/t13-/m1/s1. The summed E-state index contributed by atoms with van der Waals surface area (Å²) in [5.74, 6) is 0.0754. The smallest absolute Gasteiger partial charge is 0.255 e. The van der Waals surface area contributed by atoms with Gasteiger partial charge in [-0.05, 0) is 58.4 Å². The molecule has 1 aromatic carbocycles. The largest absolute Gasteiger partial charge is 0.329 e. The summed E-state index contributed by atoms with van der Waals surface area (Å²) in [6.07, 6.45) is 0.503. The minimum atomic E-state index is -3.06. The molecule has 0 N–H and O–H groups in total. The lowest BCUT2D eigenvalue weighted by Crippen LogP contribution is -2.40. The van der Waals surface area contributed by atoms with Gasteiger partial charge in [0.15, 0.2) is 9.84 Å². The molecule has 0 radical (unpaired) electrons. The zero-order valence-corrected chi connectivity index (χ0v) is 16.5. The number of benzene rings is 1. The Labute approximate surface area is 154 Å². The molecule has 7 heteroatoms. The molecular weight excluding hydrogens is 410 g/mol. The normalized spacial score (nSPS) is 19.3. The monoisotopic (exact) mass is 427 g/mol. The number of sulfone groups is 1. The van der Waals surface area contributed by atoms with Crippen molar-refractivity contribution in [1.82, 2.24) is 4.90 Å². The van der Waals surface area contributed by atoms with Crippen LogP contribution in [-0.4, -0.2) is 36.8 Å². The van der Waals surface area contributed by atoms with Crippen LogP contribution >= 0.6 is 27.3 Å². The molecule has 0 aliphatic carbocycles. The van der Waals surface area contributed by atoms with Crippen LogP contribution in [0.2, 0.25) is 0 Å². The fourth-order valence-electron chi connectivity index (χ4n) is 2.90. The Balaban J connectivity index is 1.94. The Kier molecular flexibility index (Phi) is 5.13. The van der Waals surface area contributed by atoms with Crippen LogP contribution in [0.4, 0.5) is 0 Å². The van der Waals surface area contributed by atoms with Crippen molar-refractivity contribution in [2.75, 3.05) is 11.5 Å². The number of nitrogens with zero attached hydrogens (tertiary/aromatic N) is 1. The van der Waals surface area contributed by atoms with Gasteiger partial charge in [0.25, 0.3) is 5.91 Å². The highest BCUT2D eigenvalue weighted by molar-refractivity contribution is 9.10. The zero-order chi connectivity index (χ0) is 17.3. The van der Waals surface area contributed by atoms with E-state index < -0.39 is 9.84 Å². The fourth-order valence-corrected chi connectivity index (χ4v) is 5.99. The van der Waals surface area contributed by atoms with Crippen molar-refractivity contribution in [3.8, 4) is 0 Å². The fraction of sp³-hybridized carbons (Fsp3) is 0.353. The first-order chi connectivity index (χ1) is 11.4. The van der Waals surface area contributed by atoms with E-state index in [0.29, 0.717) is 18.5 Å². The van der Waals surface area contributed by atoms with Crippen molar-refractivity contribution in [3.63, 3.8) is 0 Å². The molecule has 2 aromatic rings. The van der Waals surface area contributed by atoms with Crippen molar-refractivity contribution >= 4 is 43.0 Å². The number of thiophene rings is 1. The highest BCUT2D eigenvalue weighted by atomic mass is 79.9. The molecule has 0 spiro atoms. The van der Waals surface area contributed by atoms with Gasteiger partial charge in [-0.3, -0.25) is 4.79 Å². The summed E-state index contributed by atoms with van der Waals surface area (Å²) in [6, 6.07) is 9.02. The van der Waals surface area contributed by atoms with E-state index in [9.17, 15) is 13.2 Å². The molecule has 1 fully saturated rings. The molecule has 0 unspecified atom stereocenters. The minimum Gasteiger partial charge on any atom is -0.329 e. The zero-order valence-electron chi connectivity index (χ0n) is 13.2. The minimum absolute atomic E-state index is 0.0492. The first-order valence-corrected chi connectivity index (χ1v) is 11.2. The topological polar surface area (TPSA) is 54.5 Å². The third kappa shape index (κ3) is 3.73. The first kappa shape index (κ1) is 17.6. The number of hydrogen-bond acceptors (Lipinski definition) is 4. The molecule has 3 rings (SSSR count). The molecule has 1 aliphatic rings. The van der Waals surface area contributed by atoms with Gasteiger partial charge < -0.3 is 4.90 Å². The number of halogens is 1. The summed E-state index contributed by atoms with van der Waals surface area (Å²) in [7, 11) is -3.06. The summed E-state index contributed by atoms with van der Waals surface area (Å²) < 4.78 is 24.5. The van der Waals surface area contributed by atoms with Crippen molar-refractivity contribution in [1.29, 1.82) is 0 Å². The Bertz CT molecular complexity index is 860. The van der Waals surface area contributed by atoms with E-state index in [1.807, 2.05) is 36.6 Å². The summed E-state index contributed by atoms with van der Waals surface area (Å²) >= 11 is 5.02. The van der Waals surface area contributed by atoms with E-state index in [2.05, 4.69) is 15.9 Å². The second kappa shape index (κ2) is 6.98. The average Bonchev–Trinajstić information content (AvgIpc) is 3.10. The van der Waals surface area contributed by atoms with E-state index in [1.54, 1.807) is 22.3 Å². The lowest BCUT2D eigenvalue weighted by molar-refractivity contribution is 0.0682. The van der Waals surface area contributed by atoms with Crippen LogP contribution < -0.4 is 0 Å².